The Bertz CT molecular complexity index is 744. The Morgan fingerprint density at radius 2 is 2.10 bits per heavy atom. The molecule has 0 saturated heterocycles. The molecule has 4 nitrogen and oxygen atoms in total. The largest absolute Gasteiger partial charge is 0.241 e. The molecule has 1 N–H and O–H groups in total. The second kappa shape index (κ2) is 5.75. The van der Waals surface area contributed by atoms with Crippen molar-refractivity contribution in [2.24, 2.45) is 0 Å². The highest BCUT2D eigenvalue weighted by Crippen LogP contribution is 2.23. The van der Waals surface area contributed by atoms with Gasteiger partial charge >= 0.3 is 0 Å². The molecule has 0 fully saturated rings. The first-order chi connectivity index (χ1) is 9.44. The number of benzene rings is 1. The summed E-state index contributed by atoms with van der Waals surface area (Å²) < 4.78 is 27.5. The van der Waals surface area contributed by atoms with E-state index in [9.17, 15) is 8.42 Å². The van der Waals surface area contributed by atoms with E-state index in [0.717, 1.165) is 4.88 Å². The summed E-state index contributed by atoms with van der Waals surface area (Å²) in [6, 6.07) is 10.1. The lowest BCUT2D eigenvalue weighted by Gasteiger charge is -2.14. The zero-order chi connectivity index (χ0) is 14.8. The molecule has 2 rings (SSSR count). The Morgan fingerprint density at radius 3 is 2.70 bits per heavy atom. The fourth-order valence-corrected chi connectivity index (χ4v) is 4.15. The number of nitriles is 1. The quantitative estimate of drug-likeness (QED) is 0.944. The third-order valence-corrected chi connectivity index (χ3v) is 5.65. The highest BCUT2D eigenvalue weighted by molar-refractivity contribution is 7.89. The summed E-state index contributed by atoms with van der Waals surface area (Å²) in [5.74, 6) is 0. The topological polar surface area (TPSA) is 70.0 Å². The van der Waals surface area contributed by atoms with Gasteiger partial charge in [0.25, 0.3) is 0 Å². The van der Waals surface area contributed by atoms with Gasteiger partial charge in [-0.3, -0.25) is 0 Å². The number of sulfonamides is 1. The van der Waals surface area contributed by atoms with Gasteiger partial charge < -0.3 is 0 Å². The van der Waals surface area contributed by atoms with E-state index in [1.807, 2.05) is 23.6 Å². The Morgan fingerprint density at radius 1 is 1.35 bits per heavy atom. The summed E-state index contributed by atoms with van der Waals surface area (Å²) in [7, 11) is -3.64. The maximum Gasteiger partial charge on any atom is 0.241 e. The first kappa shape index (κ1) is 14.7. The van der Waals surface area contributed by atoms with Crippen LogP contribution in [0, 0.1) is 18.3 Å². The second-order valence-corrected chi connectivity index (χ2v) is 7.11. The van der Waals surface area contributed by atoms with Crippen molar-refractivity contribution in [2.45, 2.75) is 24.8 Å². The van der Waals surface area contributed by atoms with Crippen LogP contribution in [0.4, 0.5) is 0 Å². The van der Waals surface area contributed by atoms with Crippen LogP contribution in [-0.2, 0) is 10.0 Å². The molecule has 1 aromatic carbocycles. The summed E-state index contributed by atoms with van der Waals surface area (Å²) in [4.78, 5) is 1.10. The molecule has 104 valence electrons. The van der Waals surface area contributed by atoms with Crippen molar-refractivity contribution in [2.75, 3.05) is 0 Å². The fourth-order valence-electron chi connectivity index (χ4n) is 1.85. The molecular weight excluding hydrogens is 292 g/mol. The first-order valence-corrected chi connectivity index (χ1v) is 8.37. The van der Waals surface area contributed by atoms with Crippen LogP contribution in [-0.4, -0.2) is 8.42 Å². The third-order valence-electron chi connectivity index (χ3n) is 2.91. The number of nitrogens with one attached hydrogen (secondary N) is 1. The molecule has 0 bridgehead atoms. The molecule has 0 aliphatic rings. The van der Waals surface area contributed by atoms with Crippen molar-refractivity contribution < 1.29 is 8.42 Å². The van der Waals surface area contributed by atoms with Crippen LogP contribution in [0.25, 0.3) is 0 Å². The lowest BCUT2D eigenvalue weighted by molar-refractivity contribution is 0.568. The summed E-state index contributed by atoms with van der Waals surface area (Å²) >= 11 is 1.50. The van der Waals surface area contributed by atoms with E-state index in [0.29, 0.717) is 11.1 Å². The van der Waals surface area contributed by atoms with Gasteiger partial charge in [0.05, 0.1) is 22.6 Å². The van der Waals surface area contributed by atoms with Crippen LogP contribution in [0.15, 0.2) is 40.6 Å². The van der Waals surface area contributed by atoms with E-state index < -0.39 is 10.0 Å². The molecule has 0 spiro atoms. The predicted molar refractivity (Wildman–Crippen MR) is 78.9 cm³/mol. The van der Waals surface area contributed by atoms with Crippen molar-refractivity contribution in [3.63, 3.8) is 0 Å². The highest BCUT2D eigenvalue weighted by Gasteiger charge is 2.21. The molecule has 0 saturated carbocycles. The smallest absolute Gasteiger partial charge is 0.207 e. The van der Waals surface area contributed by atoms with Gasteiger partial charge in [-0.25, -0.2) is 13.1 Å². The molecule has 0 radical (unpaired) electrons. The van der Waals surface area contributed by atoms with Gasteiger partial charge in [-0.2, -0.15) is 5.26 Å². The van der Waals surface area contributed by atoms with E-state index in [4.69, 9.17) is 5.26 Å². The molecule has 0 amide bonds. The Balaban J connectivity index is 2.34. The lowest BCUT2D eigenvalue weighted by atomic mass is 10.2. The van der Waals surface area contributed by atoms with E-state index in [-0.39, 0.29) is 10.9 Å². The van der Waals surface area contributed by atoms with Crippen LogP contribution in [0.1, 0.15) is 29.0 Å². The van der Waals surface area contributed by atoms with E-state index in [1.54, 1.807) is 26.0 Å². The molecule has 20 heavy (non-hydrogen) atoms. The SMILES string of the molecule is Cc1ccc(C#N)cc1S(=O)(=O)NC(C)c1cccs1. The van der Waals surface area contributed by atoms with Gasteiger partial charge in [0.1, 0.15) is 0 Å². The zero-order valence-electron chi connectivity index (χ0n) is 11.1. The minimum atomic E-state index is -3.64. The summed E-state index contributed by atoms with van der Waals surface area (Å²) in [6.07, 6.45) is 0. The van der Waals surface area contributed by atoms with Gasteiger partial charge in [-0.15, -0.1) is 11.3 Å². The average molecular weight is 306 g/mol. The second-order valence-electron chi connectivity index (χ2n) is 4.45. The van der Waals surface area contributed by atoms with Gasteiger partial charge in [0, 0.05) is 4.88 Å². The van der Waals surface area contributed by atoms with Gasteiger partial charge in [-0.1, -0.05) is 12.1 Å². The molecular formula is C14H14N2O2S2. The highest BCUT2D eigenvalue weighted by atomic mass is 32.2. The summed E-state index contributed by atoms with van der Waals surface area (Å²) in [5, 5.41) is 10.8. The van der Waals surface area contributed by atoms with E-state index in [1.165, 1.54) is 17.4 Å². The molecule has 1 unspecified atom stereocenters. The molecule has 1 atom stereocenters. The minimum Gasteiger partial charge on any atom is -0.207 e. The maximum atomic E-state index is 12.4. The van der Waals surface area contributed by atoms with Gasteiger partial charge in [0.15, 0.2) is 0 Å². The first-order valence-electron chi connectivity index (χ1n) is 6.00. The number of thiophene rings is 1. The Kier molecular flexibility index (Phi) is 4.23. The Labute approximate surface area is 122 Å². The van der Waals surface area contributed by atoms with Crippen LogP contribution in [0.2, 0.25) is 0 Å². The van der Waals surface area contributed by atoms with Crippen LogP contribution >= 0.6 is 11.3 Å². The van der Waals surface area contributed by atoms with Crippen LogP contribution in [0.3, 0.4) is 0 Å². The number of aryl methyl sites for hydroxylation is 1. The van der Waals surface area contributed by atoms with Crippen molar-refractivity contribution in [1.29, 1.82) is 5.26 Å². The molecule has 0 aliphatic carbocycles. The fraction of sp³-hybridized carbons (Fsp3) is 0.214. The predicted octanol–water partition coefficient (Wildman–Crippen LogP) is 2.97. The van der Waals surface area contributed by atoms with Crippen molar-refractivity contribution >= 4 is 21.4 Å². The third kappa shape index (κ3) is 3.07. The van der Waals surface area contributed by atoms with Gasteiger partial charge in [0.2, 0.25) is 10.0 Å². The van der Waals surface area contributed by atoms with Gasteiger partial charge in [-0.05, 0) is 43.0 Å². The molecule has 1 heterocycles. The van der Waals surface area contributed by atoms with E-state index in [2.05, 4.69) is 4.72 Å². The Hall–Kier alpha value is -1.68. The van der Waals surface area contributed by atoms with Crippen LogP contribution in [0.5, 0.6) is 0 Å². The molecule has 1 aromatic heterocycles. The lowest BCUT2D eigenvalue weighted by Crippen LogP contribution is -2.27. The summed E-state index contributed by atoms with van der Waals surface area (Å²) in [6.45, 7) is 3.51. The standard InChI is InChI=1S/C14H14N2O2S2/c1-10-5-6-12(9-15)8-14(10)20(17,18)16-11(2)13-4-3-7-19-13/h3-8,11,16H,1-2H3. The maximum absolute atomic E-state index is 12.4. The summed E-state index contributed by atoms with van der Waals surface area (Å²) in [5.41, 5.74) is 0.953. The van der Waals surface area contributed by atoms with Crippen molar-refractivity contribution in [1.82, 2.24) is 4.72 Å². The van der Waals surface area contributed by atoms with Crippen LogP contribution < -0.4 is 4.72 Å². The molecule has 6 heteroatoms. The number of hydrogen-bond donors (Lipinski definition) is 1. The number of nitrogens with zero attached hydrogens (tertiary/aromatic N) is 1. The monoisotopic (exact) mass is 306 g/mol. The van der Waals surface area contributed by atoms with Crippen molar-refractivity contribution in [3.8, 4) is 6.07 Å². The van der Waals surface area contributed by atoms with E-state index >= 15 is 0 Å². The molecule has 0 aliphatic heterocycles. The number of hydrogen-bond acceptors (Lipinski definition) is 4. The zero-order valence-corrected chi connectivity index (χ0v) is 12.8. The number of rotatable bonds is 4. The normalized spacial score (nSPS) is 12.8. The average Bonchev–Trinajstić information content (AvgIpc) is 2.92. The van der Waals surface area contributed by atoms with Crippen molar-refractivity contribution in [3.05, 3.63) is 51.7 Å². The molecule has 2 aromatic rings. The minimum absolute atomic E-state index is 0.153.